The first-order chi connectivity index (χ1) is 9.60. The fraction of sp³-hybridized carbons (Fsp3) is 0.357. The van der Waals surface area contributed by atoms with Crippen molar-refractivity contribution in [3.05, 3.63) is 29.8 Å². The van der Waals surface area contributed by atoms with Crippen molar-refractivity contribution in [2.45, 2.75) is 11.3 Å². The van der Waals surface area contributed by atoms with Crippen LogP contribution in [0.3, 0.4) is 0 Å². The molecule has 0 radical (unpaired) electrons. The minimum atomic E-state index is -0.517. The first kappa shape index (κ1) is 16.1. The number of ether oxygens (including phenoxy) is 1. The Balaban J connectivity index is 2.55. The minimum absolute atomic E-state index is 0.255. The molecule has 0 heterocycles. The number of nitrogens with zero attached hydrogens (tertiary/aromatic N) is 2. The van der Waals surface area contributed by atoms with Crippen LogP contribution in [0.1, 0.15) is 16.8 Å². The average molecular weight is 292 g/mol. The number of nitriles is 1. The van der Waals surface area contributed by atoms with Crippen molar-refractivity contribution in [3.8, 4) is 6.07 Å². The molecule has 0 saturated carbocycles. The van der Waals surface area contributed by atoms with Gasteiger partial charge in [-0.25, -0.2) is 4.79 Å². The Morgan fingerprint density at radius 1 is 1.40 bits per heavy atom. The maximum Gasteiger partial charge on any atom is 0.339 e. The average Bonchev–Trinajstić information content (AvgIpc) is 2.49. The molecule has 5 nitrogen and oxygen atoms in total. The molecule has 0 fully saturated rings. The summed E-state index contributed by atoms with van der Waals surface area (Å²) in [6.45, 7) is 0.0117. The SMILES string of the molecule is CSc1ccccc1C(=O)OCC(=O)N(C)CCC#N. The van der Waals surface area contributed by atoms with E-state index in [-0.39, 0.29) is 18.9 Å². The van der Waals surface area contributed by atoms with Crippen LogP contribution in [0.4, 0.5) is 0 Å². The summed E-state index contributed by atoms with van der Waals surface area (Å²) in [5, 5.41) is 8.45. The van der Waals surface area contributed by atoms with Gasteiger partial charge in [-0.1, -0.05) is 12.1 Å². The predicted octanol–water partition coefficient (Wildman–Crippen LogP) is 1.94. The maximum absolute atomic E-state index is 11.9. The van der Waals surface area contributed by atoms with Crippen molar-refractivity contribution in [1.29, 1.82) is 5.26 Å². The lowest BCUT2D eigenvalue weighted by Crippen LogP contribution is -2.32. The molecular weight excluding hydrogens is 276 g/mol. The van der Waals surface area contributed by atoms with E-state index in [1.165, 1.54) is 16.7 Å². The zero-order chi connectivity index (χ0) is 15.0. The smallest absolute Gasteiger partial charge is 0.339 e. The Labute approximate surface area is 122 Å². The van der Waals surface area contributed by atoms with Crippen LogP contribution < -0.4 is 0 Å². The number of carbonyl (C=O) groups is 2. The molecule has 0 aliphatic heterocycles. The van der Waals surface area contributed by atoms with Gasteiger partial charge in [0.1, 0.15) is 0 Å². The molecule has 0 atom stereocenters. The summed E-state index contributed by atoms with van der Waals surface area (Å²) in [5.41, 5.74) is 0.451. The third-order valence-electron chi connectivity index (χ3n) is 2.64. The zero-order valence-electron chi connectivity index (χ0n) is 11.5. The van der Waals surface area contributed by atoms with E-state index in [0.29, 0.717) is 12.1 Å². The van der Waals surface area contributed by atoms with Gasteiger partial charge in [-0.15, -0.1) is 11.8 Å². The van der Waals surface area contributed by atoms with Crippen molar-refractivity contribution < 1.29 is 14.3 Å². The molecule has 0 aliphatic carbocycles. The van der Waals surface area contributed by atoms with Crippen molar-refractivity contribution >= 4 is 23.6 Å². The quantitative estimate of drug-likeness (QED) is 0.592. The van der Waals surface area contributed by atoms with E-state index < -0.39 is 5.97 Å². The van der Waals surface area contributed by atoms with Crippen molar-refractivity contribution in [3.63, 3.8) is 0 Å². The standard InChI is InChI=1S/C14H16N2O3S/c1-16(9-5-8-15)13(17)10-19-14(18)11-6-3-4-7-12(11)20-2/h3-4,6-7H,5,9-10H2,1-2H3. The summed E-state index contributed by atoms with van der Waals surface area (Å²) < 4.78 is 5.01. The first-order valence-corrected chi connectivity index (χ1v) is 7.23. The summed E-state index contributed by atoms with van der Waals surface area (Å²) in [4.78, 5) is 25.8. The lowest BCUT2D eigenvalue weighted by molar-refractivity contribution is -0.133. The number of rotatable bonds is 6. The molecule has 0 unspecified atom stereocenters. The molecule has 0 saturated heterocycles. The molecule has 0 N–H and O–H groups in total. The third kappa shape index (κ3) is 4.59. The van der Waals surface area contributed by atoms with Crippen LogP contribution in [-0.2, 0) is 9.53 Å². The second kappa shape index (κ2) is 8.23. The molecule has 1 aromatic carbocycles. The Hall–Kier alpha value is -2.00. The van der Waals surface area contributed by atoms with Gasteiger partial charge in [0.25, 0.3) is 5.91 Å². The Bertz CT molecular complexity index is 525. The summed E-state index contributed by atoms with van der Waals surface area (Å²) in [5.74, 6) is -0.841. The summed E-state index contributed by atoms with van der Waals surface area (Å²) in [6, 6.07) is 9.03. The Morgan fingerprint density at radius 3 is 2.75 bits per heavy atom. The molecule has 20 heavy (non-hydrogen) atoms. The fourth-order valence-electron chi connectivity index (χ4n) is 1.47. The summed E-state index contributed by atoms with van der Waals surface area (Å²) >= 11 is 1.44. The van der Waals surface area contributed by atoms with Crippen molar-refractivity contribution in [1.82, 2.24) is 4.90 Å². The van der Waals surface area contributed by atoms with Crippen LogP contribution in [0.15, 0.2) is 29.2 Å². The van der Waals surface area contributed by atoms with E-state index in [2.05, 4.69) is 0 Å². The number of hydrogen-bond donors (Lipinski definition) is 0. The van der Waals surface area contributed by atoms with Crippen LogP contribution in [0.25, 0.3) is 0 Å². The van der Waals surface area contributed by atoms with Crippen LogP contribution in [0.2, 0.25) is 0 Å². The third-order valence-corrected chi connectivity index (χ3v) is 3.43. The number of carbonyl (C=O) groups excluding carboxylic acids is 2. The number of hydrogen-bond acceptors (Lipinski definition) is 5. The van der Waals surface area contributed by atoms with Gasteiger partial charge in [0, 0.05) is 18.5 Å². The lowest BCUT2D eigenvalue weighted by atomic mass is 10.2. The van der Waals surface area contributed by atoms with E-state index in [1.54, 1.807) is 19.2 Å². The second-order valence-electron chi connectivity index (χ2n) is 4.00. The Morgan fingerprint density at radius 2 is 2.10 bits per heavy atom. The van der Waals surface area contributed by atoms with E-state index in [4.69, 9.17) is 10.00 Å². The largest absolute Gasteiger partial charge is 0.452 e. The van der Waals surface area contributed by atoms with Crippen LogP contribution in [0, 0.1) is 11.3 Å². The zero-order valence-corrected chi connectivity index (χ0v) is 12.3. The Kier molecular flexibility index (Phi) is 6.60. The summed E-state index contributed by atoms with van der Waals surface area (Å²) in [6.07, 6.45) is 2.12. The minimum Gasteiger partial charge on any atom is -0.452 e. The van der Waals surface area contributed by atoms with Crippen LogP contribution >= 0.6 is 11.8 Å². The van der Waals surface area contributed by atoms with Gasteiger partial charge in [0.05, 0.1) is 18.1 Å². The highest BCUT2D eigenvalue weighted by Gasteiger charge is 2.15. The number of benzene rings is 1. The van der Waals surface area contributed by atoms with Gasteiger partial charge in [-0.3, -0.25) is 4.79 Å². The van der Waals surface area contributed by atoms with Gasteiger partial charge >= 0.3 is 5.97 Å². The van der Waals surface area contributed by atoms with Gasteiger partial charge in [0.15, 0.2) is 6.61 Å². The molecule has 0 aromatic heterocycles. The monoisotopic (exact) mass is 292 g/mol. The molecule has 6 heteroatoms. The first-order valence-electron chi connectivity index (χ1n) is 6.01. The van der Waals surface area contributed by atoms with Crippen molar-refractivity contribution in [2.24, 2.45) is 0 Å². The molecule has 1 amide bonds. The highest BCUT2D eigenvalue weighted by Crippen LogP contribution is 2.20. The second-order valence-corrected chi connectivity index (χ2v) is 4.85. The number of esters is 1. The van der Waals surface area contributed by atoms with Gasteiger partial charge < -0.3 is 9.64 Å². The molecule has 0 spiro atoms. The lowest BCUT2D eigenvalue weighted by Gasteiger charge is -2.15. The molecule has 106 valence electrons. The van der Waals surface area contributed by atoms with Crippen molar-refractivity contribution in [2.75, 3.05) is 26.5 Å². The maximum atomic E-state index is 11.9. The van der Waals surface area contributed by atoms with Crippen LogP contribution in [0.5, 0.6) is 0 Å². The molecular formula is C14H16N2O3S. The highest BCUT2D eigenvalue weighted by molar-refractivity contribution is 7.98. The molecule has 1 aromatic rings. The van der Waals surface area contributed by atoms with E-state index in [0.717, 1.165) is 4.90 Å². The predicted molar refractivity (Wildman–Crippen MR) is 76.4 cm³/mol. The number of amides is 1. The van der Waals surface area contributed by atoms with E-state index in [9.17, 15) is 9.59 Å². The van der Waals surface area contributed by atoms with Gasteiger partial charge in [-0.05, 0) is 18.4 Å². The molecule has 0 bridgehead atoms. The normalized spacial score (nSPS) is 9.65. The highest BCUT2D eigenvalue weighted by atomic mass is 32.2. The molecule has 0 aliphatic rings. The number of thioether (sulfide) groups is 1. The molecule has 1 rings (SSSR count). The van der Waals surface area contributed by atoms with E-state index in [1.807, 2.05) is 24.5 Å². The van der Waals surface area contributed by atoms with E-state index >= 15 is 0 Å². The fourth-order valence-corrected chi connectivity index (χ4v) is 2.06. The topological polar surface area (TPSA) is 70.4 Å². The van der Waals surface area contributed by atoms with Crippen LogP contribution in [-0.4, -0.2) is 43.2 Å². The van der Waals surface area contributed by atoms with Gasteiger partial charge in [-0.2, -0.15) is 5.26 Å². The summed E-state index contributed by atoms with van der Waals surface area (Å²) in [7, 11) is 1.57. The van der Waals surface area contributed by atoms with Gasteiger partial charge in [0.2, 0.25) is 0 Å². The number of likely N-dealkylation sites (N-methyl/N-ethyl adjacent to an activating group) is 1.